The SMILES string of the molecule is CNC(=O)c1c(-c2ccc(F)cc2)oc2ccc(-c3cccc(C(=O)NC(C)c4cccnc4)c3)cc12. The van der Waals surface area contributed by atoms with Crippen LogP contribution in [0.25, 0.3) is 33.4 Å². The molecule has 2 amide bonds. The zero-order valence-electron chi connectivity index (χ0n) is 20.3. The van der Waals surface area contributed by atoms with Crippen molar-refractivity contribution in [1.82, 2.24) is 15.6 Å². The zero-order valence-corrected chi connectivity index (χ0v) is 20.3. The van der Waals surface area contributed by atoms with Crippen molar-refractivity contribution in [3.05, 3.63) is 114 Å². The molecule has 0 spiro atoms. The number of rotatable bonds is 6. The van der Waals surface area contributed by atoms with Crippen molar-refractivity contribution in [2.24, 2.45) is 0 Å². The number of nitrogens with one attached hydrogen (secondary N) is 2. The molecule has 0 aliphatic heterocycles. The number of nitrogens with zero attached hydrogens (tertiary/aromatic N) is 1. The molecule has 3 aromatic carbocycles. The van der Waals surface area contributed by atoms with Gasteiger partial charge in [0.05, 0.1) is 11.6 Å². The highest BCUT2D eigenvalue weighted by Crippen LogP contribution is 2.36. The number of benzene rings is 3. The molecule has 0 saturated carbocycles. The maximum absolute atomic E-state index is 13.5. The Morgan fingerprint density at radius 1 is 0.892 bits per heavy atom. The van der Waals surface area contributed by atoms with Gasteiger partial charge in [-0.15, -0.1) is 0 Å². The molecule has 5 rings (SSSR count). The fraction of sp³-hybridized carbons (Fsp3) is 0.100. The van der Waals surface area contributed by atoms with Crippen molar-refractivity contribution >= 4 is 22.8 Å². The van der Waals surface area contributed by atoms with E-state index in [0.29, 0.717) is 33.4 Å². The smallest absolute Gasteiger partial charge is 0.255 e. The van der Waals surface area contributed by atoms with Gasteiger partial charge in [0, 0.05) is 36.0 Å². The van der Waals surface area contributed by atoms with Gasteiger partial charge in [-0.1, -0.05) is 24.3 Å². The molecule has 0 fully saturated rings. The molecule has 0 aliphatic carbocycles. The lowest BCUT2D eigenvalue weighted by Crippen LogP contribution is -2.26. The molecule has 0 bridgehead atoms. The number of hydrogen-bond acceptors (Lipinski definition) is 4. The Hall–Kier alpha value is -4.78. The van der Waals surface area contributed by atoms with E-state index in [2.05, 4.69) is 15.6 Å². The third kappa shape index (κ3) is 4.84. The Labute approximate surface area is 213 Å². The molecule has 0 aliphatic rings. The van der Waals surface area contributed by atoms with Gasteiger partial charge < -0.3 is 15.1 Å². The van der Waals surface area contributed by atoms with Crippen LogP contribution in [0.15, 0.2) is 95.7 Å². The Morgan fingerprint density at radius 2 is 1.65 bits per heavy atom. The lowest BCUT2D eigenvalue weighted by atomic mass is 9.98. The largest absolute Gasteiger partial charge is 0.455 e. The van der Waals surface area contributed by atoms with Crippen molar-refractivity contribution in [2.45, 2.75) is 13.0 Å². The highest BCUT2D eigenvalue weighted by molar-refractivity contribution is 6.11. The number of carbonyl (C=O) groups is 2. The Kier molecular flexibility index (Phi) is 6.51. The van der Waals surface area contributed by atoms with E-state index in [4.69, 9.17) is 4.42 Å². The number of carbonyl (C=O) groups excluding carboxylic acids is 2. The number of fused-ring (bicyclic) bond motifs is 1. The van der Waals surface area contributed by atoms with Crippen LogP contribution in [-0.4, -0.2) is 23.8 Å². The van der Waals surface area contributed by atoms with Crippen LogP contribution in [0.1, 0.15) is 39.2 Å². The number of halogens is 1. The summed E-state index contributed by atoms with van der Waals surface area (Å²) in [4.78, 5) is 29.9. The van der Waals surface area contributed by atoms with E-state index in [1.165, 1.54) is 12.1 Å². The topological polar surface area (TPSA) is 84.2 Å². The van der Waals surface area contributed by atoms with E-state index in [0.717, 1.165) is 16.7 Å². The van der Waals surface area contributed by atoms with Gasteiger partial charge >= 0.3 is 0 Å². The van der Waals surface area contributed by atoms with Gasteiger partial charge in [-0.05, 0) is 78.2 Å². The van der Waals surface area contributed by atoms with Crippen LogP contribution in [0.2, 0.25) is 0 Å². The highest BCUT2D eigenvalue weighted by atomic mass is 19.1. The van der Waals surface area contributed by atoms with Crippen LogP contribution >= 0.6 is 0 Å². The highest BCUT2D eigenvalue weighted by Gasteiger charge is 2.22. The number of pyridine rings is 1. The van der Waals surface area contributed by atoms with Crippen LogP contribution in [0, 0.1) is 5.82 Å². The van der Waals surface area contributed by atoms with E-state index in [1.54, 1.807) is 43.7 Å². The lowest BCUT2D eigenvalue weighted by Gasteiger charge is -2.14. The van der Waals surface area contributed by atoms with Gasteiger partial charge in [-0.25, -0.2) is 4.39 Å². The van der Waals surface area contributed by atoms with Crippen molar-refractivity contribution < 1.29 is 18.4 Å². The first kappa shape index (κ1) is 23.9. The quantitative estimate of drug-likeness (QED) is 0.297. The van der Waals surface area contributed by atoms with Crippen LogP contribution in [-0.2, 0) is 0 Å². The predicted octanol–water partition coefficient (Wildman–Crippen LogP) is 6.15. The summed E-state index contributed by atoms with van der Waals surface area (Å²) >= 11 is 0. The summed E-state index contributed by atoms with van der Waals surface area (Å²) in [5.74, 6) is -0.522. The summed E-state index contributed by atoms with van der Waals surface area (Å²) in [5, 5.41) is 6.29. The van der Waals surface area contributed by atoms with Crippen molar-refractivity contribution in [1.29, 1.82) is 0 Å². The summed E-state index contributed by atoms with van der Waals surface area (Å²) in [6, 6.07) is 22.2. The number of furan rings is 1. The summed E-state index contributed by atoms with van der Waals surface area (Å²) in [5.41, 5.74) is 4.55. The molecule has 5 aromatic rings. The first-order valence-corrected chi connectivity index (χ1v) is 11.8. The van der Waals surface area contributed by atoms with Crippen LogP contribution < -0.4 is 10.6 Å². The molecule has 37 heavy (non-hydrogen) atoms. The maximum atomic E-state index is 13.5. The third-order valence-corrected chi connectivity index (χ3v) is 6.24. The average Bonchev–Trinajstić information content (AvgIpc) is 3.32. The first-order valence-electron chi connectivity index (χ1n) is 11.8. The molecule has 1 atom stereocenters. The normalized spacial score (nSPS) is 11.8. The molecule has 7 heteroatoms. The van der Waals surface area contributed by atoms with E-state index in [-0.39, 0.29) is 23.7 Å². The van der Waals surface area contributed by atoms with Crippen molar-refractivity contribution in [3.8, 4) is 22.5 Å². The van der Waals surface area contributed by atoms with E-state index in [9.17, 15) is 14.0 Å². The molecular weight excluding hydrogens is 469 g/mol. The molecule has 2 N–H and O–H groups in total. The van der Waals surface area contributed by atoms with Gasteiger partial charge in [-0.2, -0.15) is 0 Å². The molecule has 0 radical (unpaired) electrons. The Balaban J connectivity index is 1.50. The molecule has 2 aromatic heterocycles. The lowest BCUT2D eigenvalue weighted by molar-refractivity contribution is 0.0937. The minimum absolute atomic E-state index is 0.202. The number of hydrogen-bond donors (Lipinski definition) is 2. The van der Waals surface area contributed by atoms with Crippen molar-refractivity contribution in [2.75, 3.05) is 7.05 Å². The maximum Gasteiger partial charge on any atom is 0.255 e. The second-order valence-corrected chi connectivity index (χ2v) is 8.67. The fourth-order valence-corrected chi connectivity index (χ4v) is 4.27. The average molecular weight is 494 g/mol. The first-order chi connectivity index (χ1) is 17.9. The fourth-order valence-electron chi connectivity index (χ4n) is 4.27. The molecule has 6 nitrogen and oxygen atoms in total. The molecular formula is C30H24FN3O3. The van der Waals surface area contributed by atoms with Gasteiger partial charge in [0.2, 0.25) is 0 Å². The molecule has 184 valence electrons. The van der Waals surface area contributed by atoms with Gasteiger partial charge in [0.15, 0.2) is 0 Å². The predicted molar refractivity (Wildman–Crippen MR) is 141 cm³/mol. The zero-order chi connectivity index (χ0) is 25.9. The third-order valence-electron chi connectivity index (χ3n) is 6.24. The minimum atomic E-state index is -0.373. The summed E-state index contributed by atoms with van der Waals surface area (Å²) < 4.78 is 19.5. The molecule has 1 unspecified atom stereocenters. The van der Waals surface area contributed by atoms with E-state index in [1.807, 2.05) is 49.4 Å². The Morgan fingerprint density at radius 3 is 2.38 bits per heavy atom. The second-order valence-electron chi connectivity index (χ2n) is 8.67. The van der Waals surface area contributed by atoms with Gasteiger partial charge in [0.1, 0.15) is 17.2 Å². The van der Waals surface area contributed by atoms with Gasteiger partial charge in [0.25, 0.3) is 11.8 Å². The van der Waals surface area contributed by atoms with E-state index >= 15 is 0 Å². The van der Waals surface area contributed by atoms with Crippen LogP contribution in [0.5, 0.6) is 0 Å². The molecule has 2 heterocycles. The molecule has 0 saturated heterocycles. The summed E-state index contributed by atoms with van der Waals surface area (Å²) in [6.07, 6.45) is 3.42. The minimum Gasteiger partial charge on any atom is -0.455 e. The second kappa shape index (κ2) is 10.1. The number of amides is 2. The summed E-state index contributed by atoms with van der Waals surface area (Å²) in [7, 11) is 1.55. The van der Waals surface area contributed by atoms with Gasteiger partial charge in [-0.3, -0.25) is 14.6 Å². The standard InChI is InChI=1S/C30H24FN3O3/c1-18(23-7-4-14-33-17-23)34-29(35)22-6-3-5-20(15-22)21-10-13-26-25(16-21)27(30(36)32-2)28(37-26)19-8-11-24(31)12-9-19/h3-18H,1-2H3,(H,32,36)(H,34,35). The summed E-state index contributed by atoms with van der Waals surface area (Å²) in [6.45, 7) is 1.91. The van der Waals surface area contributed by atoms with E-state index < -0.39 is 0 Å². The monoisotopic (exact) mass is 493 g/mol. The van der Waals surface area contributed by atoms with Crippen LogP contribution in [0.4, 0.5) is 4.39 Å². The van der Waals surface area contributed by atoms with Crippen molar-refractivity contribution in [3.63, 3.8) is 0 Å². The number of aromatic nitrogens is 1. The Bertz CT molecular complexity index is 1590. The van der Waals surface area contributed by atoms with Crippen LogP contribution in [0.3, 0.4) is 0 Å².